The summed E-state index contributed by atoms with van der Waals surface area (Å²) in [6.07, 6.45) is 5.21. The predicted octanol–water partition coefficient (Wildman–Crippen LogP) is 4.45. The number of anilines is 1. The lowest BCUT2D eigenvalue weighted by Crippen LogP contribution is -2.13. The zero-order valence-electron chi connectivity index (χ0n) is 15.3. The number of benzene rings is 1. The summed E-state index contributed by atoms with van der Waals surface area (Å²) in [5.74, 6) is -0.218. The summed E-state index contributed by atoms with van der Waals surface area (Å²) in [6, 6.07) is 11.1. The maximum atomic E-state index is 11.2. The van der Waals surface area contributed by atoms with Crippen LogP contribution in [0.4, 0.5) is 5.82 Å². The Morgan fingerprint density at radius 3 is 2.57 bits per heavy atom. The van der Waals surface area contributed by atoms with E-state index in [1.54, 1.807) is 12.1 Å². The molecule has 28 heavy (non-hydrogen) atoms. The minimum absolute atomic E-state index is 0.151. The van der Waals surface area contributed by atoms with E-state index in [0.717, 1.165) is 36.8 Å². The fraction of sp³-hybridized carbons (Fsp3) is 0.333. The Labute approximate surface area is 168 Å². The van der Waals surface area contributed by atoms with Gasteiger partial charge in [-0.1, -0.05) is 31.4 Å². The molecule has 0 unspecified atom stereocenters. The van der Waals surface area contributed by atoms with Crippen molar-refractivity contribution in [1.29, 1.82) is 10.5 Å². The lowest BCUT2D eigenvalue weighted by Gasteiger charge is -2.25. The zero-order chi connectivity index (χ0) is 20.1. The van der Waals surface area contributed by atoms with Gasteiger partial charge in [0.2, 0.25) is 0 Å². The van der Waals surface area contributed by atoms with Gasteiger partial charge in [-0.3, -0.25) is 0 Å². The Morgan fingerprint density at radius 1 is 1.21 bits per heavy atom. The molecule has 1 aromatic carbocycles. The summed E-state index contributed by atoms with van der Waals surface area (Å²) >= 11 is 1.34. The van der Waals surface area contributed by atoms with Gasteiger partial charge in [0.25, 0.3) is 0 Å². The van der Waals surface area contributed by atoms with Crippen molar-refractivity contribution in [3.8, 4) is 12.1 Å². The van der Waals surface area contributed by atoms with Crippen LogP contribution in [0.2, 0.25) is 0 Å². The number of nitrogens with zero attached hydrogens (tertiary/aromatic N) is 3. The molecule has 0 bridgehead atoms. The summed E-state index contributed by atoms with van der Waals surface area (Å²) in [5, 5.41) is 29.1. The van der Waals surface area contributed by atoms with Gasteiger partial charge in [-0.15, -0.1) is 11.8 Å². The summed E-state index contributed by atoms with van der Waals surface area (Å²) < 4.78 is 0. The van der Waals surface area contributed by atoms with Gasteiger partial charge < -0.3 is 10.8 Å². The predicted molar refractivity (Wildman–Crippen MR) is 107 cm³/mol. The van der Waals surface area contributed by atoms with Crippen LogP contribution in [0.15, 0.2) is 29.3 Å². The number of carboxylic acids is 1. The Balaban J connectivity index is 1.96. The van der Waals surface area contributed by atoms with E-state index in [-0.39, 0.29) is 17.3 Å². The third-order valence-corrected chi connectivity index (χ3v) is 6.06. The Hall–Kier alpha value is -3.03. The second-order valence-corrected chi connectivity index (χ2v) is 7.78. The van der Waals surface area contributed by atoms with Crippen LogP contribution in [0.5, 0.6) is 0 Å². The lowest BCUT2D eigenvalue weighted by atomic mass is 9.80. The highest BCUT2D eigenvalue weighted by atomic mass is 32.2. The molecule has 1 fully saturated rings. The Bertz CT molecular complexity index is 985. The van der Waals surface area contributed by atoms with Gasteiger partial charge in [0.1, 0.15) is 23.0 Å². The Morgan fingerprint density at radius 2 is 1.93 bits per heavy atom. The smallest absolute Gasteiger partial charge is 0.335 e. The average molecular weight is 392 g/mol. The number of pyridine rings is 1. The van der Waals surface area contributed by atoms with Crippen LogP contribution in [-0.2, 0) is 5.75 Å². The molecule has 0 spiro atoms. The quantitative estimate of drug-likeness (QED) is 0.720. The second kappa shape index (κ2) is 8.77. The molecule has 6 nitrogen and oxygen atoms in total. The highest BCUT2D eigenvalue weighted by Crippen LogP contribution is 2.40. The van der Waals surface area contributed by atoms with Crippen LogP contribution in [0.3, 0.4) is 0 Å². The molecule has 0 radical (unpaired) electrons. The van der Waals surface area contributed by atoms with Crippen LogP contribution < -0.4 is 5.73 Å². The SMILES string of the molecule is N#Cc1c(N)nc(SCc2cccc(C(=O)O)c2)c(C#N)c1C1CCCCC1. The molecule has 1 heterocycles. The van der Waals surface area contributed by atoms with Crippen molar-refractivity contribution in [3.63, 3.8) is 0 Å². The van der Waals surface area contributed by atoms with Gasteiger partial charge >= 0.3 is 5.97 Å². The normalized spacial score (nSPS) is 14.2. The van der Waals surface area contributed by atoms with Crippen LogP contribution in [0.25, 0.3) is 0 Å². The van der Waals surface area contributed by atoms with E-state index in [2.05, 4.69) is 17.1 Å². The molecular weight excluding hydrogens is 372 g/mol. The molecule has 0 aliphatic heterocycles. The third-order valence-electron chi connectivity index (χ3n) is 5.02. The van der Waals surface area contributed by atoms with Crippen molar-refractivity contribution in [2.45, 2.75) is 48.8 Å². The number of nitrogens with two attached hydrogens (primary N) is 1. The number of hydrogen-bond acceptors (Lipinski definition) is 6. The molecule has 0 atom stereocenters. The number of nitrogen functional groups attached to an aromatic ring is 1. The molecule has 7 heteroatoms. The number of aromatic nitrogens is 1. The molecular formula is C21H20N4O2S. The van der Waals surface area contributed by atoms with Crippen LogP contribution in [0.1, 0.15) is 70.6 Å². The van der Waals surface area contributed by atoms with Gasteiger partial charge in [0, 0.05) is 5.75 Å². The topological polar surface area (TPSA) is 124 Å². The van der Waals surface area contributed by atoms with E-state index in [1.807, 2.05) is 6.07 Å². The van der Waals surface area contributed by atoms with E-state index >= 15 is 0 Å². The van der Waals surface area contributed by atoms with Crippen molar-refractivity contribution >= 4 is 23.5 Å². The fourth-order valence-corrected chi connectivity index (χ4v) is 4.62. The molecule has 3 N–H and O–H groups in total. The molecule has 1 aliphatic rings. The molecule has 3 rings (SSSR count). The van der Waals surface area contributed by atoms with Crippen molar-refractivity contribution in [1.82, 2.24) is 4.98 Å². The maximum absolute atomic E-state index is 11.2. The van der Waals surface area contributed by atoms with Crippen LogP contribution in [0, 0.1) is 22.7 Å². The van der Waals surface area contributed by atoms with E-state index in [1.165, 1.54) is 24.2 Å². The zero-order valence-corrected chi connectivity index (χ0v) is 16.1. The summed E-state index contributed by atoms with van der Waals surface area (Å²) in [4.78, 5) is 15.5. The standard InChI is InChI=1S/C21H20N4O2S/c22-10-16-18(14-6-2-1-3-7-14)17(11-23)20(25-19(16)24)28-12-13-5-4-8-15(9-13)21(26)27/h4-5,8-9,14H,1-3,6-7,12H2,(H2,24,25)(H,26,27). The van der Waals surface area contributed by atoms with Gasteiger partial charge in [-0.05, 0) is 42.0 Å². The van der Waals surface area contributed by atoms with Gasteiger partial charge in [-0.25, -0.2) is 9.78 Å². The first-order valence-corrected chi connectivity index (χ1v) is 10.1. The van der Waals surface area contributed by atoms with E-state index in [9.17, 15) is 15.3 Å². The van der Waals surface area contributed by atoms with Crippen molar-refractivity contribution in [2.75, 3.05) is 5.73 Å². The first-order chi connectivity index (χ1) is 13.5. The highest BCUT2D eigenvalue weighted by molar-refractivity contribution is 7.98. The minimum atomic E-state index is -0.982. The van der Waals surface area contributed by atoms with Gasteiger partial charge in [-0.2, -0.15) is 10.5 Å². The summed E-state index contributed by atoms with van der Waals surface area (Å²) in [6.45, 7) is 0. The molecule has 1 saturated carbocycles. The number of hydrogen-bond donors (Lipinski definition) is 2. The molecule has 0 amide bonds. The monoisotopic (exact) mass is 392 g/mol. The largest absolute Gasteiger partial charge is 0.478 e. The van der Waals surface area contributed by atoms with Gasteiger partial charge in [0.05, 0.1) is 16.7 Å². The van der Waals surface area contributed by atoms with Crippen molar-refractivity contribution in [3.05, 3.63) is 52.1 Å². The van der Waals surface area contributed by atoms with Crippen molar-refractivity contribution < 1.29 is 9.90 Å². The number of rotatable bonds is 5. The number of thioether (sulfide) groups is 1. The average Bonchev–Trinajstić information content (AvgIpc) is 2.72. The number of carboxylic acid groups (broad SMARTS) is 1. The fourth-order valence-electron chi connectivity index (χ4n) is 3.67. The lowest BCUT2D eigenvalue weighted by molar-refractivity contribution is 0.0696. The minimum Gasteiger partial charge on any atom is -0.478 e. The molecule has 2 aromatic rings. The molecule has 0 saturated heterocycles. The third kappa shape index (κ3) is 4.11. The highest BCUT2D eigenvalue weighted by Gasteiger charge is 2.26. The van der Waals surface area contributed by atoms with E-state index in [0.29, 0.717) is 21.9 Å². The Kier molecular flexibility index (Phi) is 6.18. The molecule has 1 aromatic heterocycles. The van der Waals surface area contributed by atoms with Crippen LogP contribution >= 0.6 is 11.8 Å². The van der Waals surface area contributed by atoms with Crippen molar-refractivity contribution in [2.24, 2.45) is 0 Å². The van der Waals surface area contributed by atoms with Crippen LogP contribution in [-0.4, -0.2) is 16.1 Å². The number of aromatic carboxylic acids is 1. The number of carbonyl (C=O) groups is 1. The maximum Gasteiger partial charge on any atom is 0.335 e. The second-order valence-electron chi connectivity index (χ2n) is 6.82. The molecule has 1 aliphatic carbocycles. The first-order valence-electron chi connectivity index (χ1n) is 9.13. The summed E-state index contributed by atoms with van der Waals surface area (Å²) in [7, 11) is 0. The van der Waals surface area contributed by atoms with Gasteiger partial charge in [0.15, 0.2) is 0 Å². The number of nitriles is 2. The van der Waals surface area contributed by atoms with E-state index < -0.39 is 5.97 Å². The van der Waals surface area contributed by atoms with E-state index in [4.69, 9.17) is 10.8 Å². The molecule has 142 valence electrons. The first kappa shape index (κ1) is 19.7. The summed E-state index contributed by atoms with van der Waals surface area (Å²) in [5.41, 5.74) is 8.58.